The van der Waals surface area contributed by atoms with Crippen LogP contribution in [0.5, 0.6) is 0 Å². The maximum Gasteiger partial charge on any atom is 0.416 e. The number of pyridine rings is 1. The summed E-state index contributed by atoms with van der Waals surface area (Å²) in [6.07, 6.45) is 7.38. The highest BCUT2D eigenvalue weighted by Gasteiger charge is 2.29. The number of fused-ring (bicyclic) bond motifs is 2. The molecular formula is C37H45N7O3. The smallest absolute Gasteiger partial charge is 0.416 e. The summed E-state index contributed by atoms with van der Waals surface area (Å²) in [6.45, 7) is 10.1. The number of aromatic nitrogens is 4. The third-order valence-electron chi connectivity index (χ3n) is 8.74. The molecule has 3 N–H and O–H groups in total. The average molecular weight is 636 g/mol. The predicted octanol–water partition coefficient (Wildman–Crippen LogP) is 7.96. The van der Waals surface area contributed by atoms with Crippen molar-refractivity contribution < 1.29 is 14.3 Å². The number of benzene rings is 2. The maximum atomic E-state index is 14.2. The van der Waals surface area contributed by atoms with Crippen molar-refractivity contribution in [2.24, 2.45) is 0 Å². The molecule has 6 rings (SSSR count). The summed E-state index contributed by atoms with van der Waals surface area (Å²) in [6, 6.07) is 18.0. The molecule has 1 saturated carbocycles. The maximum absolute atomic E-state index is 14.2. The summed E-state index contributed by atoms with van der Waals surface area (Å²) >= 11 is 0. The number of nitrogens with zero attached hydrogens (tertiary/aromatic N) is 5. The number of rotatable bonds is 8. The van der Waals surface area contributed by atoms with E-state index in [0.717, 1.165) is 58.8 Å². The van der Waals surface area contributed by atoms with Gasteiger partial charge in [0.05, 0.1) is 24.5 Å². The number of nitrogens with two attached hydrogens (primary N) is 1. The Balaban J connectivity index is 1.47. The van der Waals surface area contributed by atoms with Crippen LogP contribution in [0.3, 0.4) is 0 Å². The first-order chi connectivity index (χ1) is 22.5. The Labute approximate surface area is 276 Å². The number of carbonyl (C=O) groups excluding carboxylic acids is 1. The fourth-order valence-corrected chi connectivity index (χ4v) is 6.32. The number of nitrogens with one attached hydrogen (secondary N) is 1. The number of hydrogen-bond donors (Lipinski definition) is 2. The summed E-state index contributed by atoms with van der Waals surface area (Å²) in [5, 5.41) is 10.4. The van der Waals surface area contributed by atoms with Crippen LogP contribution in [0.2, 0.25) is 0 Å². The molecule has 10 heteroatoms. The fourth-order valence-electron chi connectivity index (χ4n) is 6.32. The van der Waals surface area contributed by atoms with Gasteiger partial charge < -0.3 is 20.5 Å². The molecule has 0 aliphatic heterocycles. The first-order valence-corrected chi connectivity index (χ1v) is 16.4. The Morgan fingerprint density at radius 2 is 1.85 bits per heavy atom. The van der Waals surface area contributed by atoms with E-state index in [-0.39, 0.29) is 24.6 Å². The normalized spacial score (nSPS) is 16.9. The standard InChI is InChI=1S/C37H45N7O3/c1-23(2)31-21-40-44-33(20-32(42-35(31)44)41-27-12-14-28(46-6)15-13-27)43(36(45)47-37(3,4)5)22-25-9-7-8-10-29(25)34-30-16-11-26(38)19-24(30)17-18-39-34/h7-11,16-21,23,27-28H,12-15,22,38H2,1-6H3,(H,41,42). The van der Waals surface area contributed by atoms with Gasteiger partial charge in [-0.2, -0.15) is 9.61 Å². The van der Waals surface area contributed by atoms with E-state index in [1.165, 1.54) is 0 Å². The van der Waals surface area contributed by atoms with Crippen LogP contribution in [0, 0.1) is 0 Å². The van der Waals surface area contributed by atoms with Crippen molar-refractivity contribution in [2.75, 3.05) is 23.1 Å². The van der Waals surface area contributed by atoms with E-state index >= 15 is 0 Å². The molecule has 3 aromatic heterocycles. The topological polar surface area (TPSA) is 120 Å². The summed E-state index contributed by atoms with van der Waals surface area (Å²) in [5.74, 6) is 1.45. The van der Waals surface area contributed by atoms with Crippen LogP contribution < -0.4 is 16.0 Å². The molecule has 47 heavy (non-hydrogen) atoms. The van der Waals surface area contributed by atoms with Crippen molar-refractivity contribution in [3.63, 3.8) is 0 Å². The molecule has 10 nitrogen and oxygen atoms in total. The molecule has 3 heterocycles. The molecular weight excluding hydrogens is 590 g/mol. The quantitative estimate of drug-likeness (QED) is 0.165. The van der Waals surface area contributed by atoms with E-state index in [9.17, 15) is 4.79 Å². The van der Waals surface area contributed by atoms with Crippen LogP contribution in [0.4, 0.5) is 22.1 Å². The van der Waals surface area contributed by atoms with E-state index in [1.54, 1.807) is 22.7 Å². The molecule has 1 fully saturated rings. The fraction of sp³-hybridized carbons (Fsp3) is 0.405. The molecule has 2 aromatic carbocycles. The van der Waals surface area contributed by atoms with E-state index in [2.05, 4.69) is 19.2 Å². The molecule has 1 aliphatic carbocycles. The SMILES string of the molecule is COC1CCC(Nc2cc(N(Cc3ccccc3-c3nccc4cc(N)ccc34)C(=O)OC(C)(C)C)n3ncc(C(C)C)c3n2)CC1. The second kappa shape index (κ2) is 13.2. The summed E-state index contributed by atoms with van der Waals surface area (Å²) in [4.78, 5) is 25.7. The number of ether oxygens (including phenoxy) is 2. The van der Waals surface area contributed by atoms with Crippen LogP contribution in [-0.4, -0.2) is 50.5 Å². The molecule has 0 unspecified atom stereocenters. The summed E-state index contributed by atoms with van der Waals surface area (Å²) in [7, 11) is 1.78. The van der Waals surface area contributed by atoms with Gasteiger partial charge in [0, 0.05) is 47.6 Å². The third-order valence-corrected chi connectivity index (χ3v) is 8.74. The van der Waals surface area contributed by atoms with E-state index in [1.807, 2.05) is 81.6 Å². The lowest BCUT2D eigenvalue weighted by Gasteiger charge is -2.30. The molecule has 1 amide bonds. The molecule has 0 radical (unpaired) electrons. The Kier molecular flexibility index (Phi) is 9.05. The van der Waals surface area contributed by atoms with E-state index in [4.69, 9.17) is 30.3 Å². The number of hydrogen-bond acceptors (Lipinski definition) is 8. The third kappa shape index (κ3) is 7.02. The van der Waals surface area contributed by atoms with Gasteiger partial charge in [-0.1, -0.05) is 44.2 Å². The van der Waals surface area contributed by atoms with E-state index < -0.39 is 11.7 Å². The number of anilines is 3. The van der Waals surface area contributed by atoms with Gasteiger partial charge in [0.2, 0.25) is 0 Å². The van der Waals surface area contributed by atoms with Crippen molar-refractivity contribution in [3.05, 3.63) is 78.1 Å². The van der Waals surface area contributed by atoms with Gasteiger partial charge in [0.15, 0.2) is 5.65 Å². The van der Waals surface area contributed by atoms with Crippen molar-refractivity contribution in [1.29, 1.82) is 0 Å². The molecule has 0 atom stereocenters. The number of amides is 1. The van der Waals surface area contributed by atoms with Gasteiger partial charge in [-0.15, -0.1) is 0 Å². The number of nitrogen functional groups attached to an aromatic ring is 1. The van der Waals surface area contributed by atoms with Gasteiger partial charge in [0.1, 0.15) is 17.2 Å². The average Bonchev–Trinajstić information content (AvgIpc) is 3.47. The van der Waals surface area contributed by atoms with Crippen molar-refractivity contribution in [2.45, 2.75) is 90.5 Å². The lowest BCUT2D eigenvalue weighted by atomic mass is 9.93. The molecule has 246 valence electrons. The van der Waals surface area contributed by atoms with Gasteiger partial charge in [-0.05, 0) is 81.5 Å². The summed E-state index contributed by atoms with van der Waals surface area (Å²) in [5.41, 5.74) is 10.4. The molecule has 0 saturated heterocycles. The van der Waals surface area contributed by atoms with Gasteiger partial charge in [0.25, 0.3) is 0 Å². The zero-order valence-electron chi connectivity index (χ0n) is 28.2. The first kappa shape index (κ1) is 32.2. The Morgan fingerprint density at radius 3 is 2.57 bits per heavy atom. The minimum absolute atomic E-state index is 0.183. The van der Waals surface area contributed by atoms with Crippen molar-refractivity contribution in [1.82, 2.24) is 19.6 Å². The van der Waals surface area contributed by atoms with Crippen LogP contribution >= 0.6 is 0 Å². The summed E-state index contributed by atoms with van der Waals surface area (Å²) < 4.78 is 13.4. The minimum Gasteiger partial charge on any atom is -0.443 e. The highest BCUT2D eigenvalue weighted by atomic mass is 16.6. The largest absolute Gasteiger partial charge is 0.443 e. The lowest BCUT2D eigenvalue weighted by Crippen LogP contribution is -2.38. The van der Waals surface area contributed by atoms with Gasteiger partial charge in [-0.3, -0.25) is 9.88 Å². The van der Waals surface area contributed by atoms with E-state index in [0.29, 0.717) is 23.0 Å². The van der Waals surface area contributed by atoms with Crippen LogP contribution in [0.15, 0.2) is 67.0 Å². The Morgan fingerprint density at radius 1 is 1.09 bits per heavy atom. The second-order valence-electron chi connectivity index (χ2n) is 13.7. The Hall–Kier alpha value is -4.70. The lowest BCUT2D eigenvalue weighted by molar-refractivity contribution is 0.0575. The number of methoxy groups -OCH3 is 1. The molecule has 1 aliphatic rings. The van der Waals surface area contributed by atoms with Crippen LogP contribution in [-0.2, 0) is 16.0 Å². The molecule has 5 aromatic rings. The first-order valence-electron chi connectivity index (χ1n) is 16.4. The van der Waals surface area contributed by atoms with Crippen LogP contribution in [0.25, 0.3) is 27.7 Å². The van der Waals surface area contributed by atoms with Gasteiger partial charge in [-0.25, -0.2) is 9.78 Å². The molecule has 0 bridgehead atoms. The minimum atomic E-state index is -0.716. The number of carbonyl (C=O) groups is 1. The Bertz CT molecular complexity index is 1890. The molecule has 0 spiro atoms. The monoisotopic (exact) mass is 635 g/mol. The zero-order valence-corrected chi connectivity index (χ0v) is 28.2. The van der Waals surface area contributed by atoms with Crippen molar-refractivity contribution in [3.8, 4) is 11.3 Å². The van der Waals surface area contributed by atoms with Gasteiger partial charge >= 0.3 is 6.09 Å². The highest BCUT2D eigenvalue weighted by molar-refractivity contribution is 5.97. The second-order valence-corrected chi connectivity index (χ2v) is 13.7. The zero-order chi connectivity index (χ0) is 33.3. The predicted molar refractivity (Wildman–Crippen MR) is 188 cm³/mol. The highest BCUT2D eigenvalue weighted by Crippen LogP contribution is 2.34. The van der Waals surface area contributed by atoms with Crippen LogP contribution in [0.1, 0.15) is 77.3 Å². The van der Waals surface area contributed by atoms with Crippen molar-refractivity contribution >= 4 is 39.8 Å².